The summed E-state index contributed by atoms with van der Waals surface area (Å²) < 4.78 is 7.09. The molecule has 0 spiro atoms. The Kier molecular flexibility index (Phi) is 10.1. The average Bonchev–Trinajstić information content (AvgIpc) is 3.98. The first-order valence-electron chi connectivity index (χ1n) is 17.9. The van der Waals surface area contributed by atoms with Crippen LogP contribution in [-0.4, -0.2) is 70.5 Å². The van der Waals surface area contributed by atoms with E-state index in [1.807, 2.05) is 48.8 Å². The number of carbonyl (C=O) groups excluding carboxylic acids is 2. The first-order chi connectivity index (χ1) is 25.6. The van der Waals surface area contributed by atoms with Gasteiger partial charge >= 0.3 is 6.09 Å². The Hall–Kier alpha value is -5.46. The molecular weight excluding hydrogens is 685 g/mol. The molecule has 0 radical (unpaired) electrons. The van der Waals surface area contributed by atoms with Crippen molar-refractivity contribution in [2.45, 2.75) is 62.1 Å². The molecule has 1 aromatic heterocycles. The summed E-state index contributed by atoms with van der Waals surface area (Å²) in [7, 11) is 1.30. The van der Waals surface area contributed by atoms with E-state index in [-0.39, 0.29) is 24.0 Å². The van der Waals surface area contributed by atoms with Crippen molar-refractivity contribution in [1.29, 1.82) is 0 Å². The van der Waals surface area contributed by atoms with E-state index >= 15 is 0 Å². The van der Waals surface area contributed by atoms with E-state index in [0.717, 1.165) is 63.6 Å². The van der Waals surface area contributed by atoms with Gasteiger partial charge < -0.3 is 30.2 Å². The molecule has 53 heavy (non-hydrogen) atoms. The highest BCUT2D eigenvalue weighted by atomic mass is 32.2. The molecule has 5 N–H and O–H groups in total. The third kappa shape index (κ3) is 7.04. The van der Waals surface area contributed by atoms with Crippen molar-refractivity contribution in [2.24, 2.45) is 16.8 Å². The number of rotatable bonds is 10. The maximum Gasteiger partial charge on any atom is 0.407 e. The van der Waals surface area contributed by atoms with Gasteiger partial charge in [-0.15, -0.1) is 0 Å². The molecule has 3 aromatic carbocycles. The number of nitrogens with two attached hydrogens (primary N) is 1. The predicted molar refractivity (Wildman–Crippen MR) is 214 cm³/mol. The van der Waals surface area contributed by atoms with Crippen LogP contribution < -0.4 is 21.8 Å². The van der Waals surface area contributed by atoms with Crippen molar-refractivity contribution < 1.29 is 14.3 Å². The topological polar surface area (TPSA) is 129 Å². The Labute approximate surface area is 314 Å². The number of methoxy groups -OCH3 is 1. The minimum absolute atomic E-state index is 0.110. The van der Waals surface area contributed by atoms with E-state index in [1.165, 1.54) is 12.0 Å². The van der Waals surface area contributed by atoms with Gasteiger partial charge in [-0.05, 0) is 85.0 Å². The average molecular weight is 731 g/mol. The van der Waals surface area contributed by atoms with Gasteiger partial charge in [0, 0.05) is 23.3 Å². The lowest BCUT2D eigenvalue weighted by molar-refractivity contribution is -0.136. The molecule has 4 atom stereocenters. The molecule has 3 aliphatic rings. The van der Waals surface area contributed by atoms with E-state index in [4.69, 9.17) is 10.6 Å². The number of anilines is 1. The lowest BCUT2D eigenvalue weighted by Crippen LogP contribution is -2.59. The van der Waals surface area contributed by atoms with Crippen molar-refractivity contribution in [3.63, 3.8) is 0 Å². The Balaban J connectivity index is 1.15. The van der Waals surface area contributed by atoms with Gasteiger partial charge in [0.2, 0.25) is 5.91 Å². The number of amides is 2. The molecule has 0 bridgehead atoms. The zero-order valence-electron chi connectivity index (χ0n) is 30.5. The minimum atomic E-state index is -0.695. The first kappa shape index (κ1) is 35.9. The van der Waals surface area contributed by atoms with Crippen molar-refractivity contribution in [3.8, 4) is 28.2 Å². The van der Waals surface area contributed by atoms with Crippen molar-refractivity contribution in [2.75, 3.05) is 19.0 Å². The predicted octanol–water partition coefficient (Wildman–Crippen LogP) is 7.12. The number of hydrazine groups is 1. The van der Waals surface area contributed by atoms with Crippen LogP contribution in [0, 0.1) is 5.92 Å². The molecule has 3 aliphatic heterocycles. The van der Waals surface area contributed by atoms with Gasteiger partial charge in [0.15, 0.2) is 0 Å². The second-order valence-corrected chi connectivity index (χ2v) is 15.3. The largest absolute Gasteiger partial charge is 0.453 e. The zero-order chi connectivity index (χ0) is 37.4. The fourth-order valence-electron chi connectivity index (χ4n) is 7.45. The van der Waals surface area contributed by atoms with E-state index in [1.54, 1.807) is 5.01 Å². The number of benzene rings is 3. The van der Waals surface area contributed by atoms with Gasteiger partial charge in [-0.25, -0.2) is 10.6 Å². The summed E-state index contributed by atoms with van der Waals surface area (Å²) in [6.45, 7) is 14.2. The van der Waals surface area contributed by atoms with Crippen LogP contribution in [0.3, 0.4) is 0 Å². The molecule has 1 saturated heterocycles. The number of ether oxygens (including phenoxy) is 1. The molecule has 4 heterocycles. The van der Waals surface area contributed by atoms with Crippen molar-refractivity contribution >= 4 is 47.6 Å². The quantitative estimate of drug-likeness (QED) is 0.100. The fourth-order valence-corrected chi connectivity index (χ4v) is 8.41. The number of carbonyl (C=O) groups is 2. The summed E-state index contributed by atoms with van der Waals surface area (Å²) in [4.78, 5) is 32.8. The number of alkyl carbamates (subject to hydrolysis) is 1. The van der Waals surface area contributed by atoms with Crippen LogP contribution in [0.5, 0.6) is 0 Å². The standard InChI is InChI=1S/C41H46N8O3S/c1-24(2)38(46-41(51)52-6)40(50)47-21-7-8-36(47)39-45-33(23-48(39)42)28-11-15-30(16-12-28)35-19-18-34(29-13-9-27(10-14-29)25(3)43-5)49(35)31-17-20-37-32(22-31)44-26(4)53-37/h9-20,22-24,26,36,38-39,44-45H,3,5,7-8,21,42H2,1-2,4,6H3,(H,46,51)/t26?,36-,38-,39?/m0/s1. The number of hydrogen-bond acceptors (Lipinski definition) is 9. The van der Waals surface area contributed by atoms with Gasteiger partial charge in [-0.1, -0.05) is 80.7 Å². The lowest BCUT2D eigenvalue weighted by atomic mass is 10.0. The van der Waals surface area contributed by atoms with Gasteiger partial charge in [0.25, 0.3) is 0 Å². The molecule has 2 amide bonds. The summed E-state index contributed by atoms with van der Waals surface area (Å²) >= 11 is 1.83. The highest BCUT2D eigenvalue weighted by molar-refractivity contribution is 8.00. The van der Waals surface area contributed by atoms with Crippen LogP contribution in [-0.2, 0) is 9.53 Å². The lowest BCUT2D eigenvalue weighted by Gasteiger charge is -2.36. The van der Waals surface area contributed by atoms with Crippen LogP contribution in [0.25, 0.3) is 39.6 Å². The van der Waals surface area contributed by atoms with Gasteiger partial charge in [0.05, 0.1) is 47.0 Å². The molecule has 0 saturated carbocycles. The summed E-state index contributed by atoms with van der Waals surface area (Å²) in [6, 6.07) is 26.7. The highest BCUT2D eigenvalue weighted by Gasteiger charge is 2.42. The summed E-state index contributed by atoms with van der Waals surface area (Å²) in [6.07, 6.45) is 2.59. The summed E-state index contributed by atoms with van der Waals surface area (Å²) in [5.41, 5.74) is 9.86. The second-order valence-electron chi connectivity index (χ2n) is 14.0. The molecule has 11 nitrogen and oxygen atoms in total. The van der Waals surface area contributed by atoms with Crippen LogP contribution >= 0.6 is 11.8 Å². The van der Waals surface area contributed by atoms with Crippen LogP contribution in [0.1, 0.15) is 44.7 Å². The summed E-state index contributed by atoms with van der Waals surface area (Å²) in [5.74, 6) is 6.33. The minimum Gasteiger partial charge on any atom is -0.453 e. The van der Waals surface area contributed by atoms with Gasteiger partial charge in [-0.2, -0.15) is 0 Å². The summed E-state index contributed by atoms with van der Waals surface area (Å²) in [5, 5.41) is 11.9. The van der Waals surface area contributed by atoms with E-state index in [0.29, 0.717) is 17.6 Å². The second kappa shape index (κ2) is 14.9. The molecule has 4 aromatic rings. The van der Waals surface area contributed by atoms with Crippen LogP contribution in [0.2, 0.25) is 0 Å². The van der Waals surface area contributed by atoms with Crippen molar-refractivity contribution in [3.05, 3.63) is 103 Å². The van der Waals surface area contributed by atoms with Gasteiger partial charge in [-0.3, -0.25) is 14.8 Å². The zero-order valence-corrected chi connectivity index (χ0v) is 31.3. The molecule has 0 aliphatic carbocycles. The van der Waals surface area contributed by atoms with Crippen LogP contribution in [0.4, 0.5) is 10.5 Å². The maximum atomic E-state index is 13.7. The van der Waals surface area contributed by atoms with Crippen LogP contribution in [0.15, 0.2) is 102 Å². The Morgan fingerprint density at radius 3 is 2.28 bits per heavy atom. The Morgan fingerprint density at radius 2 is 1.64 bits per heavy atom. The monoisotopic (exact) mass is 730 g/mol. The molecule has 2 unspecified atom stereocenters. The molecule has 7 rings (SSSR count). The smallest absolute Gasteiger partial charge is 0.407 e. The fraction of sp³-hybridized carbons (Fsp3) is 0.293. The number of thioether (sulfide) groups is 1. The van der Waals surface area contributed by atoms with E-state index in [9.17, 15) is 9.59 Å². The highest BCUT2D eigenvalue weighted by Crippen LogP contribution is 2.41. The number of aromatic nitrogens is 1. The Bertz CT molecular complexity index is 2070. The number of hydrogen-bond donors (Lipinski definition) is 4. The number of nitrogens with zero attached hydrogens (tertiary/aromatic N) is 4. The van der Waals surface area contributed by atoms with Gasteiger partial charge in [0.1, 0.15) is 12.2 Å². The molecular formula is C41H46N8O3S. The third-order valence-corrected chi connectivity index (χ3v) is 11.3. The van der Waals surface area contributed by atoms with Crippen molar-refractivity contribution in [1.82, 2.24) is 25.1 Å². The molecule has 1 fully saturated rings. The first-order valence-corrected chi connectivity index (χ1v) is 18.8. The Morgan fingerprint density at radius 1 is 0.981 bits per heavy atom. The number of likely N-dealkylation sites (tertiary alicyclic amines) is 1. The number of fused-ring (bicyclic) bond motifs is 1. The third-order valence-electron chi connectivity index (χ3n) is 10.2. The molecule has 12 heteroatoms. The van der Waals surface area contributed by atoms with E-state index < -0.39 is 12.1 Å². The number of aliphatic imine (C=N–C) groups is 1. The van der Waals surface area contributed by atoms with E-state index in [2.05, 4.69) is 112 Å². The normalized spacial score (nSPS) is 19.7. The maximum absolute atomic E-state index is 13.7. The molecule has 274 valence electrons. The SMILES string of the molecule is C=NC(=C)c1ccc(-c2ccc(-c3ccc(C4=CN(N)C([C@@H]5CCCN5C(=O)[C@@H](NC(=O)OC)C(C)C)N4)cc3)n2-c2ccc3c(c2)NC(C)S3)cc1. The number of nitrogens with one attached hydrogen (secondary N) is 3.